The molecule has 0 bridgehead atoms. The van der Waals surface area contributed by atoms with Gasteiger partial charge < -0.3 is 5.73 Å². The van der Waals surface area contributed by atoms with Gasteiger partial charge in [0.05, 0.1) is 5.52 Å². The number of pyridine rings is 1. The molecule has 1 aromatic heterocycles. The topological polar surface area (TPSA) is 42.1 Å². The van der Waals surface area contributed by atoms with Crippen molar-refractivity contribution >= 4 is 16.6 Å². The van der Waals surface area contributed by atoms with E-state index in [9.17, 15) is 0 Å². The van der Waals surface area contributed by atoms with Crippen molar-refractivity contribution in [2.45, 2.75) is 25.8 Å². The molecule has 3 nitrogen and oxygen atoms in total. The maximum atomic E-state index is 6.00. The number of fused-ring (bicyclic) bond motifs is 1. The second-order valence-electron chi connectivity index (χ2n) is 5.05. The van der Waals surface area contributed by atoms with Gasteiger partial charge in [0, 0.05) is 23.8 Å². The van der Waals surface area contributed by atoms with Gasteiger partial charge in [-0.3, -0.25) is 9.88 Å². The SMILES string of the molecule is Nc1ccc(CN2CCCCC2)c2ncccc12. The standard InChI is InChI=1S/C15H19N3/c16-14-7-6-12(11-18-9-2-1-3-10-18)15-13(14)5-4-8-17-15/h4-8H,1-3,9-11,16H2. The maximum absolute atomic E-state index is 6.00. The molecule has 0 spiro atoms. The third kappa shape index (κ3) is 2.18. The lowest BCUT2D eigenvalue weighted by atomic mass is 10.1. The van der Waals surface area contributed by atoms with Gasteiger partial charge in [0.15, 0.2) is 0 Å². The molecule has 94 valence electrons. The Labute approximate surface area is 108 Å². The molecular formula is C15H19N3. The molecule has 0 atom stereocenters. The number of nitrogens with two attached hydrogens (primary N) is 1. The number of piperidine rings is 1. The molecule has 1 aliphatic heterocycles. The van der Waals surface area contributed by atoms with Crippen LogP contribution in [0.4, 0.5) is 5.69 Å². The molecule has 0 unspecified atom stereocenters. The molecule has 0 amide bonds. The highest BCUT2D eigenvalue weighted by Gasteiger charge is 2.13. The number of likely N-dealkylation sites (tertiary alicyclic amines) is 1. The van der Waals surface area contributed by atoms with Crippen molar-refractivity contribution in [2.24, 2.45) is 0 Å². The van der Waals surface area contributed by atoms with Crippen molar-refractivity contribution in [1.82, 2.24) is 9.88 Å². The van der Waals surface area contributed by atoms with E-state index >= 15 is 0 Å². The summed E-state index contributed by atoms with van der Waals surface area (Å²) in [4.78, 5) is 7.02. The van der Waals surface area contributed by atoms with E-state index in [0.29, 0.717) is 0 Å². The summed E-state index contributed by atoms with van der Waals surface area (Å²) in [6.07, 6.45) is 5.86. The van der Waals surface area contributed by atoms with Crippen LogP contribution >= 0.6 is 0 Å². The van der Waals surface area contributed by atoms with Crippen LogP contribution in [0.25, 0.3) is 10.9 Å². The average Bonchev–Trinajstić information content (AvgIpc) is 2.44. The lowest BCUT2D eigenvalue weighted by Crippen LogP contribution is -2.29. The van der Waals surface area contributed by atoms with Crippen molar-refractivity contribution in [3.8, 4) is 0 Å². The summed E-state index contributed by atoms with van der Waals surface area (Å²) in [6.45, 7) is 3.41. The monoisotopic (exact) mass is 241 g/mol. The van der Waals surface area contributed by atoms with Crippen LogP contribution < -0.4 is 5.73 Å². The second kappa shape index (κ2) is 4.94. The summed E-state index contributed by atoms with van der Waals surface area (Å²) in [5.74, 6) is 0. The van der Waals surface area contributed by atoms with E-state index < -0.39 is 0 Å². The Balaban J connectivity index is 1.94. The van der Waals surface area contributed by atoms with Crippen LogP contribution in [0.3, 0.4) is 0 Å². The summed E-state index contributed by atoms with van der Waals surface area (Å²) in [6, 6.07) is 8.13. The lowest BCUT2D eigenvalue weighted by Gasteiger charge is -2.26. The summed E-state index contributed by atoms with van der Waals surface area (Å²) >= 11 is 0. The van der Waals surface area contributed by atoms with Gasteiger partial charge in [-0.2, -0.15) is 0 Å². The predicted molar refractivity (Wildman–Crippen MR) is 75.3 cm³/mol. The van der Waals surface area contributed by atoms with E-state index in [1.807, 2.05) is 18.3 Å². The van der Waals surface area contributed by atoms with Gasteiger partial charge in [-0.1, -0.05) is 12.5 Å². The highest BCUT2D eigenvalue weighted by molar-refractivity contribution is 5.92. The Kier molecular flexibility index (Phi) is 3.15. The van der Waals surface area contributed by atoms with Crippen LogP contribution in [-0.4, -0.2) is 23.0 Å². The molecule has 3 heteroatoms. The minimum absolute atomic E-state index is 0.820. The van der Waals surface area contributed by atoms with E-state index in [4.69, 9.17) is 5.73 Å². The van der Waals surface area contributed by atoms with Crippen molar-refractivity contribution in [3.63, 3.8) is 0 Å². The van der Waals surface area contributed by atoms with Crippen molar-refractivity contribution in [1.29, 1.82) is 0 Å². The lowest BCUT2D eigenvalue weighted by molar-refractivity contribution is 0.221. The molecule has 2 aromatic rings. The molecule has 2 heterocycles. The summed E-state index contributed by atoms with van der Waals surface area (Å²) in [5, 5.41) is 1.08. The number of aromatic nitrogens is 1. The molecule has 18 heavy (non-hydrogen) atoms. The van der Waals surface area contributed by atoms with Gasteiger partial charge in [-0.05, 0) is 49.7 Å². The fourth-order valence-corrected chi connectivity index (χ4v) is 2.74. The Hall–Kier alpha value is -1.61. The molecule has 0 saturated carbocycles. The first-order chi connectivity index (χ1) is 8.84. The van der Waals surface area contributed by atoms with E-state index in [1.165, 1.54) is 37.9 Å². The van der Waals surface area contributed by atoms with E-state index in [0.717, 1.165) is 23.1 Å². The molecule has 0 radical (unpaired) electrons. The molecule has 0 aliphatic carbocycles. The third-order valence-corrected chi connectivity index (χ3v) is 3.73. The maximum Gasteiger partial charge on any atom is 0.0767 e. The quantitative estimate of drug-likeness (QED) is 0.822. The highest BCUT2D eigenvalue weighted by atomic mass is 15.1. The Morgan fingerprint density at radius 2 is 1.94 bits per heavy atom. The smallest absolute Gasteiger partial charge is 0.0767 e. The number of anilines is 1. The Morgan fingerprint density at radius 1 is 1.11 bits per heavy atom. The summed E-state index contributed by atoms with van der Waals surface area (Å²) < 4.78 is 0. The fraction of sp³-hybridized carbons (Fsp3) is 0.400. The number of rotatable bonds is 2. The van der Waals surface area contributed by atoms with Gasteiger partial charge >= 0.3 is 0 Å². The molecule has 3 rings (SSSR count). The normalized spacial score (nSPS) is 17.1. The van der Waals surface area contributed by atoms with Gasteiger partial charge in [-0.15, -0.1) is 0 Å². The summed E-state index contributed by atoms with van der Waals surface area (Å²) in [5.41, 5.74) is 9.18. The van der Waals surface area contributed by atoms with E-state index in [2.05, 4.69) is 22.0 Å². The molecule has 1 aromatic carbocycles. The number of hydrogen-bond donors (Lipinski definition) is 1. The van der Waals surface area contributed by atoms with Crippen molar-refractivity contribution in [3.05, 3.63) is 36.0 Å². The Morgan fingerprint density at radius 3 is 2.78 bits per heavy atom. The van der Waals surface area contributed by atoms with Crippen molar-refractivity contribution < 1.29 is 0 Å². The van der Waals surface area contributed by atoms with Gasteiger partial charge in [0.2, 0.25) is 0 Å². The summed E-state index contributed by atoms with van der Waals surface area (Å²) in [7, 11) is 0. The first kappa shape index (κ1) is 11.5. The molecule has 1 fully saturated rings. The van der Waals surface area contributed by atoms with Crippen LogP contribution in [0.1, 0.15) is 24.8 Å². The highest BCUT2D eigenvalue weighted by Crippen LogP contribution is 2.24. The molecular weight excluding hydrogens is 222 g/mol. The number of nitrogen functional groups attached to an aromatic ring is 1. The van der Waals surface area contributed by atoms with Crippen LogP contribution in [0.2, 0.25) is 0 Å². The van der Waals surface area contributed by atoms with Crippen LogP contribution in [0.15, 0.2) is 30.5 Å². The zero-order chi connectivity index (χ0) is 12.4. The first-order valence-electron chi connectivity index (χ1n) is 6.69. The largest absolute Gasteiger partial charge is 0.398 e. The molecule has 2 N–H and O–H groups in total. The van der Waals surface area contributed by atoms with Gasteiger partial charge in [0.25, 0.3) is 0 Å². The van der Waals surface area contributed by atoms with Crippen molar-refractivity contribution in [2.75, 3.05) is 18.8 Å². The zero-order valence-corrected chi connectivity index (χ0v) is 10.6. The Bertz CT molecular complexity index is 544. The average molecular weight is 241 g/mol. The number of nitrogens with zero attached hydrogens (tertiary/aromatic N) is 2. The first-order valence-corrected chi connectivity index (χ1v) is 6.69. The van der Waals surface area contributed by atoms with Gasteiger partial charge in [0.1, 0.15) is 0 Å². The van der Waals surface area contributed by atoms with Crippen LogP contribution in [-0.2, 0) is 6.54 Å². The van der Waals surface area contributed by atoms with E-state index in [-0.39, 0.29) is 0 Å². The fourth-order valence-electron chi connectivity index (χ4n) is 2.74. The van der Waals surface area contributed by atoms with Crippen LogP contribution in [0, 0.1) is 0 Å². The minimum Gasteiger partial charge on any atom is -0.398 e. The third-order valence-electron chi connectivity index (χ3n) is 3.73. The second-order valence-corrected chi connectivity index (χ2v) is 5.05. The molecule has 1 saturated heterocycles. The number of hydrogen-bond acceptors (Lipinski definition) is 3. The number of benzene rings is 1. The van der Waals surface area contributed by atoms with Crippen LogP contribution in [0.5, 0.6) is 0 Å². The van der Waals surface area contributed by atoms with Gasteiger partial charge in [-0.25, -0.2) is 0 Å². The molecule has 1 aliphatic rings. The predicted octanol–water partition coefficient (Wildman–Crippen LogP) is 2.80. The zero-order valence-electron chi connectivity index (χ0n) is 10.6. The van der Waals surface area contributed by atoms with E-state index in [1.54, 1.807) is 0 Å². The minimum atomic E-state index is 0.820.